The van der Waals surface area contributed by atoms with Crippen LogP contribution in [0.3, 0.4) is 0 Å². The Morgan fingerprint density at radius 1 is 1.41 bits per heavy atom. The summed E-state index contributed by atoms with van der Waals surface area (Å²) < 4.78 is 7.40. The zero-order valence-corrected chi connectivity index (χ0v) is 11.4. The van der Waals surface area contributed by atoms with E-state index in [1.54, 1.807) is 19.4 Å². The summed E-state index contributed by atoms with van der Waals surface area (Å²) in [6.45, 7) is 0.451. The molecule has 0 unspecified atom stereocenters. The van der Waals surface area contributed by atoms with Gasteiger partial charge >= 0.3 is 0 Å². The van der Waals surface area contributed by atoms with Crippen LogP contribution in [0.1, 0.15) is 5.56 Å². The molecule has 0 aliphatic rings. The molecule has 0 N–H and O–H groups in total. The fraction of sp³-hybridized carbons (Fsp3) is 0.167. The zero-order valence-electron chi connectivity index (χ0n) is 9.26. The van der Waals surface area contributed by atoms with E-state index in [0.29, 0.717) is 6.54 Å². The molecule has 88 valence electrons. The molecule has 4 nitrogen and oxygen atoms in total. The third-order valence-electron chi connectivity index (χ3n) is 2.30. The summed E-state index contributed by atoms with van der Waals surface area (Å²) in [4.78, 5) is 11.7. The summed E-state index contributed by atoms with van der Waals surface area (Å²) >= 11 is 2.07. The molecule has 1 heterocycles. The summed E-state index contributed by atoms with van der Waals surface area (Å²) in [6, 6.07) is 9.16. The van der Waals surface area contributed by atoms with Gasteiger partial charge in [-0.25, -0.2) is 4.68 Å². The lowest BCUT2D eigenvalue weighted by Gasteiger charge is -2.06. The van der Waals surface area contributed by atoms with Crippen molar-refractivity contribution in [2.75, 3.05) is 7.11 Å². The van der Waals surface area contributed by atoms with Gasteiger partial charge in [-0.3, -0.25) is 4.79 Å². The van der Waals surface area contributed by atoms with Crippen molar-refractivity contribution in [1.29, 1.82) is 0 Å². The van der Waals surface area contributed by atoms with Gasteiger partial charge in [0, 0.05) is 9.64 Å². The molecule has 0 aliphatic carbocycles. The van der Waals surface area contributed by atoms with Crippen LogP contribution in [0.25, 0.3) is 0 Å². The lowest BCUT2D eigenvalue weighted by Crippen LogP contribution is -2.22. The molecule has 0 saturated carbocycles. The highest BCUT2D eigenvalue weighted by molar-refractivity contribution is 14.1. The maximum atomic E-state index is 11.7. The number of hydrogen-bond acceptors (Lipinski definition) is 3. The molecule has 17 heavy (non-hydrogen) atoms. The fourth-order valence-corrected chi connectivity index (χ4v) is 1.86. The lowest BCUT2D eigenvalue weighted by molar-refractivity contribution is 0.414. The largest absolute Gasteiger partial charge is 0.497 e. The Morgan fingerprint density at radius 3 is 2.94 bits per heavy atom. The van der Waals surface area contributed by atoms with Gasteiger partial charge in [-0.15, -0.1) is 0 Å². The average Bonchev–Trinajstić information content (AvgIpc) is 2.33. The van der Waals surface area contributed by atoms with Gasteiger partial charge in [-0.05, 0) is 40.3 Å². The van der Waals surface area contributed by atoms with Crippen LogP contribution in [0.15, 0.2) is 41.3 Å². The summed E-state index contributed by atoms with van der Waals surface area (Å²) in [5.41, 5.74) is 0.889. The third-order valence-corrected chi connectivity index (χ3v) is 2.89. The monoisotopic (exact) mass is 342 g/mol. The van der Waals surface area contributed by atoms with E-state index < -0.39 is 0 Å². The molecule has 0 fully saturated rings. The first-order valence-electron chi connectivity index (χ1n) is 5.04. The summed E-state index contributed by atoms with van der Waals surface area (Å²) in [7, 11) is 1.62. The maximum absolute atomic E-state index is 11.7. The second kappa shape index (κ2) is 5.31. The Kier molecular flexibility index (Phi) is 3.78. The topological polar surface area (TPSA) is 44.1 Å². The highest BCUT2D eigenvalue weighted by atomic mass is 127. The van der Waals surface area contributed by atoms with E-state index >= 15 is 0 Å². The molecular formula is C12H11IN2O2. The van der Waals surface area contributed by atoms with Gasteiger partial charge < -0.3 is 4.74 Å². The summed E-state index contributed by atoms with van der Waals surface area (Å²) in [5, 5.41) is 4.08. The molecule has 1 aromatic carbocycles. The summed E-state index contributed by atoms with van der Waals surface area (Å²) in [5.74, 6) is 0.779. The van der Waals surface area contributed by atoms with Crippen molar-refractivity contribution in [2.24, 2.45) is 0 Å². The molecule has 1 aromatic heterocycles. The van der Waals surface area contributed by atoms with Gasteiger partial charge in [0.1, 0.15) is 5.75 Å². The quantitative estimate of drug-likeness (QED) is 0.801. The summed E-state index contributed by atoms with van der Waals surface area (Å²) in [6.07, 6.45) is 1.67. The molecule has 0 atom stereocenters. The lowest BCUT2D eigenvalue weighted by atomic mass is 10.2. The minimum atomic E-state index is -0.0975. The van der Waals surface area contributed by atoms with Crippen LogP contribution < -0.4 is 10.3 Å². The number of aromatic nitrogens is 2. The van der Waals surface area contributed by atoms with Crippen LogP contribution in [0, 0.1) is 3.57 Å². The highest BCUT2D eigenvalue weighted by Crippen LogP contribution is 2.12. The van der Waals surface area contributed by atoms with Gasteiger partial charge in [-0.1, -0.05) is 12.1 Å². The number of rotatable bonds is 3. The average molecular weight is 342 g/mol. The van der Waals surface area contributed by atoms with Gasteiger partial charge in [0.05, 0.1) is 19.9 Å². The number of benzene rings is 1. The molecule has 0 aliphatic heterocycles. The number of nitrogens with zero attached hydrogens (tertiary/aromatic N) is 2. The van der Waals surface area contributed by atoms with Crippen LogP contribution in [-0.4, -0.2) is 16.9 Å². The van der Waals surface area contributed by atoms with Crippen molar-refractivity contribution in [3.8, 4) is 5.75 Å². The maximum Gasteiger partial charge on any atom is 0.268 e. The number of ether oxygens (including phenoxy) is 1. The first-order chi connectivity index (χ1) is 8.19. The Bertz CT molecular complexity index is 581. The Labute approximate surface area is 112 Å². The zero-order chi connectivity index (χ0) is 12.3. The van der Waals surface area contributed by atoms with Crippen molar-refractivity contribution in [3.63, 3.8) is 0 Å². The Morgan fingerprint density at radius 2 is 2.24 bits per heavy atom. The van der Waals surface area contributed by atoms with Gasteiger partial charge in [-0.2, -0.15) is 5.10 Å². The smallest absolute Gasteiger partial charge is 0.268 e. The van der Waals surface area contributed by atoms with Crippen molar-refractivity contribution in [3.05, 3.63) is 56.0 Å². The van der Waals surface area contributed by atoms with Crippen LogP contribution in [-0.2, 0) is 6.54 Å². The molecule has 5 heteroatoms. The number of halogens is 1. The van der Waals surface area contributed by atoms with E-state index in [-0.39, 0.29) is 5.56 Å². The second-order valence-corrected chi connectivity index (χ2v) is 4.77. The van der Waals surface area contributed by atoms with E-state index in [9.17, 15) is 4.79 Å². The molecule has 0 radical (unpaired) electrons. The SMILES string of the molecule is COc1cccc(Cn2ncc(I)cc2=O)c1. The molecule has 0 amide bonds. The van der Waals surface area contributed by atoms with Crippen molar-refractivity contribution in [1.82, 2.24) is 9.78 Å². The predicted molar refractivity (Wildman–Crippen MR) is 73.3 cm³/mol. The number of hydrogen-bond donors (Lipinski definition) is 0. The number of methoxy groups -OCH3 is 1. The molecule has 0 spiro atoms. The van der Waals surface area contributed by atoms with Gasteiger partial charge in [0.15, 0.2) is 0 Å². The van der Waals surface area contributed by atoms with Crippen molar-refractivity contribution >= 4 is 22.6 Å². The normalized spacial score (nSPS) is 10.2. The van der Waals surface area contributed by atoms with Crippen LogP contribution in [0.4, 0.5) is 0 Å². The first-order valence-corrected chi connectivity index (χ1v) is 6.12. The van der Waals surface area contributed by atoms with E-state index in [0.717, 1.165) is 14.9 Å². The molecule has 2 rings (SSSR count). The highest BCUT2D eigenvalue weighted by Gasteiger charge is 2.01. The Balaban J connectivity index is 2.28. The van der Waals surface area contributed by atoms with E-state index in [4.69, 9.17) is 4.74 Å². The Hall–Kier alpha value is -1.37. The third kappa shape index (κ3) is 3.06. The minimum absolute atomic E-state index is 0.0975. The van der Waals surface area contributed by atoms with Crippen LogP contribution in [0.5, 0.6) is 5.75 Å². The van der Waals surface area contributed by atoms with E-state index in [1.165, 1.54) is 4.68 Å². The van der Waals surface area contributed by atoms with Crippen molar-refractivity contribution in [2.45, 2.75) is 6.54 Å². The van der Waals surface area contributed by atoms with Crippen LogP contribution >= 0.6 is 22.6 Å². The van der Waals surface area contributed by atoms with Crippen molar-refractivity contribution < 1.29 is 4.74 Å². The van der Waals surface area contributed by atoms with Crippen LogP contribution in [0.2, 0.25) is 0 Å². The van der Waals surface area contributed by atoms with Gasteiger partial charge in [0.25, 0.3) is 5.56 Å². The van der Waals surface area contributed by atoms with E-state index in [2.05, 4.69) is 27.7 Å². The molecule has 2 aromatic rings. The first kappa shape index (κ1) is 12.1. The predicted octanol–water partition coefficient (Wildman–Crippen LogP) is 1.90. The fourth-order valence-electron chi connectivity index (χ4n) is 1.47. The minimum Gasteiger partial charge on any atom is -0.497 e. The molecule has 0 saturated heterocycles. The van der Waals surface area contributed by atoms with Gasteiger partial charge in [0.2, 0.25) is 0 Å². The van der Waals surface area contributed by atoms with E-state index in [1.807, 2.05) is 24.3 Å². The molecule has 0 bridgehead atoms. The molecular weight excluding hydrogens is 331 g/mol. The second-order valence-electron chi connectivity index (χ2n) is 3.52. The standard InChI is InChI=1S/C12H11IN2O2/c1-17-11-4-2-3-9(5-11)8-15-12(16)6-10(13)7-14-15/h2-7H,8H2,1H3.